The SMILES string of the molecule is CCC[C@@]1(C)/C(=C\C=O)CC[C@H]2C3CC[C@](OC(=O)c4ccccc4)(C(=O)CO)[C@@]3(C)CC[C@@H]21. The molecule has 1 unspecified atom stereocenters. The molecule has 0 bridgehead atoms. The molecule has 3 fully saturated rings. The fourth-order valence-electron chi connectivity index (χ4n) is 8.15. The van der Waals surface area contributed by atoms with E-state index in [-0.39, 0.29) is 17.1 Å². The van der Waals surface area contributed by atoms with Crippen LogP contribution in [0.5, 0.6) is 0 Å². The molecule has 3 saturated carbocycles. The summed E-state index contributed by atoms with van der Waals surface area (Å²) in [5.41, 5.74) is -0.153. The molecule has 0 saturated heterocycles. The number of esters is 1. The van der Waals surface area contributed by atoms with Gasteiger partial charge in [-0.3, -0.25) is 9.59 Å². The highest BCUT2D eigenvalue weighted by molar-refractivity contribution is 5.96. The molecule has 3 aliphatic carbocycles. The van der Waals surface area contributed by atoms with Crippen molar-refractivity contribution in [2.24, 2.45) is 28.6 Å². The molecule has 1 aromatic rings. The molecule has 0 radical (unpaired) electrons. The molecule has 1 aromatic carbocycles. The van der Waals surface area contributed by atoms with E-state index in [1.807, 2.05) is 6.07 Å². The molecule has 4 rings (SSSR count). The first-order valence-corrected chi connectivity index (χ1v) is 12.8. The third-order valence-electron chi connectivity index (χ3n) is 9.76. The molecule has 1 N–H and O–H groups in total. The van der Waals surface area contributed by atoms with Crippen molar-refractivity contribution in [2.45, 2.75) is 77.7 Å². The number of benzene rings is 1. The number of carbonyl (C=O) groups is 3. The van der Waals surface area contributed by atoms with Crippen molar-refractivity contribution in [2.75, 3.05) is 6.61 Å². The molecule has 184 valence electrons. The maximum absolute atomic E-state index is 13.3. The Balaban J connectivity index is 1.70. The zero-order valence-corrected chi connectivity index (χ0v) is 20.7. The number of hydrogen-bond donors (Lipinski definition) is 1. The van der Waals surface area contributed by atoms with Gasteiger partial charge in [-0.15, -0.1) is 0 Å². The Kier molecular flexibility index (Phi) is 6.87. The number of fused-ring (bicyclic) bond motifs is 3. The second-order valence-electron chi connectivity index (χ2n) is 11.1. The molecular formula is C29H38O5. The number of ketones is 1. The Labute approximate surface area is 203 Å². The van der Waals surface area contributed by atoms with Crippen LogP contribution in [0.1, 0.15) is 82.5 Å². The molecule has 6 atom stereocenters. The van der Waals surface area contributed by atoms with Crippen molar-refractivity contribution in [3.05, 3.63) is 47.5 Å². The number of hydrogen-bond acceptors (Lipinski definition) is 5. The van der Waals surface area contributed by atoms with E-state index in [0.29, 0.717) is 23.8 Å². The third kappa shape index (κ3) is 3.67. The van der Waals surface area contributed by atoms with E-state index in [4.69, 9.17) is 4.74 Å². The van der Waals surface area contributed by atoms with Crippen molar-refractivity contribution in [1.29, 1.82) is 0 Å². The summed E-state index contributed by atoms with van der Waals surface area (Å²) in [5, 5.41) is 9.95. The molecular weight excluding hydrogens is 428 g/mol. The predicted octanol–water partition coefficient (Wildman–Crippen LogP) is 5.31. The van der Waals surface area contributed by atoms with Crippen LogP contribution in [0.2, 0.25) is 0 Å². The number of rotatable bonds is 7. The molecule has 34 heavy (non-hydrogen) atoms. The van der Waals surface area contributed by atoms with E-state index < -0.39 is 23.6 Å². The van der Waals surface area contributed by atoms with Gasteiger partial charge >= 0.3 is 5.97 Å². The number of aliphatic hydroxyl groups is 1. The summed E-state index contributed by atoms with van der Waals surface area (Å²) >= 11 is 0. The summed E-state index contributed by atoms with van der Waals surface area (Å²) in [6, 6.07) is 8.79. The number of aliphatic hydroxyl groups excluding tert-OH is 1. The summed E-state index contributed by atoms with van der Waals surface area (Å²) in [7, 11) is 0. The Morgan fingerprint density at radius 3 is 2.44 bits per heavy atom. The zero-order valence-electron chi connectivity index (χ0n) is 20.7. The molecule has 5 nitrogen and oxygen atoms in total. The molecule has 0 spiro atoms. The third-order valence-corrected chi connectivity index (χ3v) is 9.76. The van der Waals surface area contributed by atoms with Crippen LogP contribution in [0.3, 0.4) is 0 Å². The summed E-state index contributed by atoms with van der Waals surface area (Å²) < 4.78 is 6.14. The topological polar surface area (TPSA) is 80.7 Å². The Bertz CT molecular complexity index is 968. The van der Waals surface area contributed by atoms with E-state index in [2.05, 4.69) is 20.8 Å². The van der Waals surface area contributed by atoms with Crippen molar-refractivity contribution >= 4 is 18.0 Å². The lowest BCUT2D eigenvalue weighted by molar-refractivity contribution is -0.166. The van der Waals surface area contributed by atoms with E-state index >= 15 is 0 Å². The lowest BCUT2D eigenvalue weighted by Gasteiger charge is -2.58. The van der Waals surface area contributed by atoms with Crippen LogP contribution in [0.25, 0.3) is 0 Å². The van der Waals surface area contributed by atoms with E-state index in [0.717, 1.165) is 51.2 Å². The van der Waals surface area contributed by atoms with Gasteiger partial charge in [0.2, 0.25) is 5.78 Å². The predicted molar refractivity (Wildman–Crippen MR) is 130 cm³/mol. The number of carbonyl (C=O) groups excluding carboxylic acids is 3. The minimum Gasteiger partial charge on any atom is -0.447 e. The molecule has 5 heteroatoms. The zero-order chi connectivity index (χ0) is 24.6. The fraction of sp³-hybridized carbons (Fsp3) is 0.621. The maximum atomic E-state index is 13.3. The lowest BCUT2D eigenvalue weighted by Crippen LogP contribution is -2.59. The van der Waals surface area contributed by atoms with Gasteiger partial charge in [-0.25, -0.2) is 4.79 Å². The van der Waals surface area contributed by atoms with Crippen LogP contribution in [-0.4, -0.2) is 35.4 Å². The van der Waals surface area contributed by atoms with Crippen LogP contribution < -0.4 is 0 Å². The normalized spacial score (nSPS) is 38.1. The van der Waals surface area contributed by atoms with E-state index in [1.165, 1.54) is 5.57 Å². The Morgan fingerprint density at radius 2 is 1.79 bits per heavy atom. The average Bonchev–Trinajstić information content (AvgIpc) is 3.14. The monoisotopic (exact) mass is 466 g/mol. The van der Waals surface area contributed by atoms with Crippen molar-refractivity contribution in [1.82, 2.24) is 0 Å². The largest absolute Gasteiger partial charge is 0.447 e. The van der Waals surface area contributed by atoms with Gasteiger partial charge in [-0.1, -0.05) is 51.0 Å². The summed E-state index contributed by atoms with van der Waals surface area (Å²) in [5.74, 6) is 0.202. The molecule has 0 amide bonds. The summed E-state index contributed by atoms with van der Waals surface area (Å²) in [6.45, 7) is 6.00. The first-order valence-electron chi connectivity index (χ1n) is 12.8. The van der Waals surface area contributed by atoms with Crippen LogP contribution >= 0.6 is 0 Å². The standard InChI is InChI=1S/C29H38O5/c1-4-15-27(2)21(14-18-30)10-11-22-23(27)12-16-28(3)24(22)13-17-29(28,25(32)19-31)34-26(33)20-8-6-5-7-9-20/h5-9,14,18,22-24,31H,4,10-13,15-17,19H2,1-3H3/b21-14-/t22-,23+,24?,27+,28+,29+/m1/s1. The summed E-state index contributed by atoms with van der Waals surface area (Å²) in [6.07, 6.45) is 9.65. The number of allylic oxidation sites excluding steroid dienone is 2. The lowest BCUT2D eigenvalue weighted by atomic mass is 9.47. The Morgan fingerprint density at radius 1 is 1.09 bits per heavy atom. The highest BCUT2D eigenvalue weighted by Gasteiger charge is 2.68. The molecule has 3 aliphatic rings. The van der Waals surface area contributed by atoms with Crippen LogP contribution in [0, 0.1) is 28.6 Å². The highest BCUT2D eigenvalue weighted by Crippen LogP contribution is 2.68. The number of Topliss-reactive ketones (excluding diaryl/α,β-unsaturated/α-hetero) is 1. The van der Waals surface area contributed by atoms with Gasteiger partial charge in [0.1, 0.15) is 12.9 Å². The van der Waals surface area contributed by atoms with E-state index in [1.54, 1.807) is 30.3 Å². The Hall–Kier alpha value is -2.27. The number of aldehydes is 1. The highest BCUT2D eigenvalue weighted by atomic mass is 16.6. The van der Waals surface area contributed by atoms with Crippen molar-refractivity contribution in [3.8, 4) is 0 Å². The van der Waals surface area contributed by atoms with Gasteiger partial charge in [0.05, 0.1) is 5.56 Å². The first kappa shape index (κ1) is 24.8. The fourth-order valence-corrected chi connectivity index (χ4v) is 8.15. The van der Waals surface area contributed by atoms with Gasteiger partial charge in [0, 0.05) is 5.41 Å². The van der Waals surface area contributed by atoms with Crippen LogP contribution in [-0.2, 0) is 14.3 Å². The van der Waals surface area contributed by atoms with Crippen molar-refractivity contribution < 1.29 is 24.2 Å². The minimum atomic E-state index is -1.30. The molecule has 0 heterocycles. The van der Waals surface area contributed by atoms with Crippen LogP contribution in [0.4, 0.5) is 0 Å². The maximum Gasteiger partial charge on any atom is 0.339 e. The van der Waals surface area contributed by atoms with Crippen LogP contribution in [0.15, 0.2) is 42.0 Å². The van der Waals surface area contributed by atoms with Gasteiger partial charge in [-0.2, -0.15) is 0 Å². The van der Waals surface area contributed by atoms with Gasteiger partial charge in [0.15, 0.2) is 5.60 Å². The average molecular weight is 467 g/mol. The molecule has 0 aromatic heterocycles. The van der Waals surface area contributed by atoms with E-state index in [9.17, 15) is 19.5 Å². The first-order chi connectivity index (χ1) is 16.3. The number of ether oxygens (including phenoxy) is 1. The van der Waals surface area contributed by atoms with Gasteiger partial charge < -0.3 is 9.84 Å². The smallest absolute Gasteiger partial charge is 0.339 e. The van der Waals surface area contributed by atoms with Gasteiger partial charge in [-0.05, 0) is 86.3 Å². The quantitative estimate of drug-likeness (QED) is 0.335. The second-order valence-corrected chi connectivity index (χ2v) is 11.1. The minimum absolute atomic E-state index is 0.0210. The van der Waals surface area contributed by atoms with Crippen molar-refractivity contribution in [3.63, 3.8) is 0 Å². The van der Waals surface area contributed by atoms with Gasteiger partial charge in [0.25, 0.3) is 0 Å². The molecule has 0 aliphatic heterocycles. The second kappa shape index (κ2) is 9.41. The summed E-state index contributed by atoms with van der Waals surface area (Å²) in [4.78, 5) is 37.8.